The summed E-state index contributed by atoms with van der Waals surface area (Å²) in [6.07, 6.45) is 0.537. The first-order valence-electron chi connectivity index (χ1n) is 4.69. The van der Waals surface area contributed by atoms with E-state index in [-0.39, 0.29) is 0 Å². The molecule has 84 valence electrons. The summed E-state index contributed by atoms with van der Waals surface area (Å²) in [5, 5.41) is 8.70. The monoisotopic (exact) mass is 257 g/mol. The fourth-order valence-corrected chi connectivity index (χ4v) is 1.84. The van der Waals surface area contributed by atoms with Crippen LogP contribution in [0.5, 0.6) is 0 Å². The lowest BCUT2D eigenvalue weighted by molar-refractivity contribution is 0.507. The number of hydrogen-bond donors (Lipinski definition) is 1. The standard InChI is InChI=1S/C10H9Cl2N3O/c11-6-2-1-3-7(12)9(6)10-15-14-8(16-10)4-5-13/h1-3H,4-5,13H2. The van der Waals surface area contributed by atoms with Crippen molar-refractivity contribution in [2.24, 2.45) is 5.73 Å². The quantitative estimate of drug-likeness (QED) is 0.918. The molecule has 2 N–H and O–H groups in total. The maximum atomic E-state index is 6.01. The van der Waals surface area contributed by atoms with E-state index in [1.807, 2.05) is 0 Å². The van der Waals surface area contributed by atoms with E-state index >= 15 is 0 Å². The Morgan fingerprint density at radius 2 is 1.88 bits per heavy atom. The summed E-state index contributed by atoms with van der Waals surface area (Å²) < 4.78 is 5.40. The average Bonchev–Trinajstić information content (AvgIpc) is 2.67. The molecule has 2 rings (SSSR count). The number of nitrogens with two attached hydrogens (primary N) is 1. The van der Waals surface area contributed by atoms with Gasteiger partial charge in [-0.1, -0.05) is 29.3 Å². The fraction of sp³-hybridized carbons (Fsp3) is 0.200. The van der Waals surface area contributed by atoms with Crippen LogP contribution < -0.4 is 5.73 Å². The van der Waals surface area contributed by atoms with Gasteiger partial charge in [0.15, 0.2) is 0 Å². The van der Waals surface area contributed by atoms with E-state index in [9.17, 15) is 0 Å². The molecule has 0 aliphatic carbocycles. The maximum absolute atomic E-state index is 6.01. The van der Waals surface area contributed by atoms with Gasteiger partial charge in [0.1, 0.15) is 0 Å². The molecule has 0 radical (unpaired) electrons. The van der Waals surface area contributed by atoms with Crippen LogP contribution in [0.3, 0.4) is 0 Å². The Morgan fingerprint density at radius 1 is 1.19 bits per heavy atom. The second-order valence-electron chi connectivity index (χ2n) is 3.14. The van der Waals surface area contributed by atoms with E-state index in [0.717, 1.165) is 0 Å². The minimum atomic E-state index is 0.319. The molecule has 0 amide bonds. The van der Waals surface area contributed by atoms with Gasteiger partial charge in [-0.2, -0.15) is 0 Å². The molecule has 0 bridgehead atoms. The van der Waals surface area contributed by atoms with Crippen LogP contribution in [0.1, 0.15) is 5.89 Å². The highest BCUT2D eigenvalue weighted by Crippen LogP contribution is 2.33. The van der Waals surface area contributed by atoms with Gasteiger partial charge in [0.2, 0.25) is 5.89 Å². The van der Waals surface area contributed by atoms with Crippen molar-refractivity contribution < 1.29 is 4.42 Å². The topological polar surface area (TPSA) is 64.9 Å². The van der Waals surface area contributed by atoms with Crippen LogP contribution in [0.25, 0.3) is 11.5 Å². The Kier molecular flexibility index (Phi) is 3.43. The van der Waals surface area contributed by atoms with E-state index in [1.54, 1.807) is 18.2 Å². The van der Waals surface area contributed by atoms with Gasteiger partial charge in [0.25, 0.3) is 5.89 Å². The van der Waals surface area contributed by atoms with E-state index in [4.69, 9.17) is 33.4 Å². The second-order valence-corrected chi connectivity index (χ2v) is 3.95. The predicted molar refractivity (Wildman–Crippen MR) is 62.5 cm³/mol. The third-order valence-corrected chi connectivity index (χ3v) is 2.63. The average molecular weight is 258 g/mol. The fourth-order valence-electron chi connectivity index (χ4n) is 1.28. The van der Waals surface area contributed by atoms with Gasteiger partial charge in [0, 0.05) is 13.0 Å². The third kappa shape index (κ3) is 2.19. The molecule has 0 aliphatic rings. The number of rotatable bonds is 3. The molecular weight excluding hydrogens is 249 g/mol. The predicted octanol–water partition coefficient (Wildman–Crippen LogP) is 2.54. The van der Waals surface area contributed by atoms with Crippen LogP contribution in [0.4, 0.5) is 0 Å². The highest BCUT2D eigenvalue weighted by Gasteiger charge is 2.14. The van der Waals surface area contributed by atoms with Crippen molar-refractivity contribution in [1.29, 1.82) is 0 Å². The molecule has 1 aromatic carbocycles. The van der Waals surface area contributed by atoms with Crippen LogP contribution in [0, 0.1) is 0 Å². The second kappa shape index (κ2) is 4.82. The van der Waals surface area contributed by atoms with Gasteiger partial charge in [0.05, 0.1) is 15.6 Å². The molecule has 1 aromatic heterocycles. The van der Waals surface area contributed by atoms with Crippen molar-refractivity contribution in [3.8, 4) is 11.5 Å². The number of halogens is 2. The summed E-state index contributed by atoms with van der Waals surface area (Å²) in [6.45, 7) is 0.456. The first kappa shape index (κ1) is 11.4. The van der Waals surface area contributed by atoms with Crippen molar-refractivity contribution in [3.63, 3.8) is 0 Å². The third-order valence-electron chi connectivity index (χ3n) is 2.00. The Labute approximate surface area is 102 Å². The Hall–Kier alpha value is -1.10. The number of nitrogens with zero attached hydrogens (tertiary/aromatic N) is 2. The summed E-state index contributed by atoms with van der Waals surface area (Å²) in [6, 6.07) is 5.19. The minimum absolute atomic E-state index is 0.319. The summed E-state index contributed by atoms with van der Waals surface area (Å²) in [7, 11) is 0. The van der Waals surface area contributed by atoms with Gasteiger partial charge < -0.3 is 10.2 Å². The molecule has 0 fully saturated rings. The van der Waals surface area contributed by atoms with Gasteiger partial charge in [-0.3, -0.25) is 0 Å². The molecule has 1 heterocycles. The maximum Gasteiger partial charge on any atom is 0.250 e. The molecule has 16 heavy (non-hydrogen) atoms. The van der Waals surface area contributed by atoms with Crippen molar-refractivity contribution in [1.82, 2.24) is 10.2 Å². The van der Waals surface area contributed by atoms with E-state index in [0.29, 0.717) is 40.4 Å². The number of benzene rings is 1. The highest BCUT2D eigenvalue weighted by molar-refractivity contribution is 6.38. The van der Waals surface area contributed by atoms with Crippen LogP contribution in [0.2, 0.25) is 10.0 Å². The molecule has 4 nitrogen and oxygen atoms in total. The molecular formula is C10H9Cl2N3O. The smallest absolute Gasteiger partial charge is 0.250 e. The molecule has 0 aliphatic heterocycles. The van der Waals surface area contributed by atoms with Crippen molar-refractivity contribution in [2.75, 3.05) is 6.54 Å². The van der Waals surface area contributed by atoms with E-state index < -0.39 is 0 Å². The lowest BCUT2D eigenvalue weighted by Gasteiger charge is -2.00. The van der Waals surface area contributed by atoms with Gasteiger partial charge in [-0.05, 0) is 12.1 Å². The SMILES string of the molecule is NCCc1nnc(-c2c(Cl)cccc2Cl)o1. The Bertz CT molecular complexity index is 478. The zero-order chi connectivity index (χ0) is 11.5. The zero-order valence-corrected chi connectivity index (χ0v) is 9.79. The Balaban J connectivity index is 2.42. The molecule has 0 spiro atoms. The largest absolute Gasteiger partial charge is 0.421 e. The summed E-state index contributed by atoms with van der Waals surface area (Å²) >= 11 is 12.0. The molecule has 6 heteroatoms. The Morgan fingerprint density at radius 3 is 2.50 bits per heavy atom. The van der Waals surface area contributed by atoms with Crippen LogP contribution in [-0.4, -0.2) is 16.7 Å². The van der Waals surface area contributed by atoms with Crippen LogP contribution >= 0.6 is 23.2 Å². The first-order valence-corrected chi connectivity index (χ1v) is 5.45. The molecule has 0 atom stereocenters. The zero-order valence-electron chi connectivity index (χ0n) is 8.28. The van der Waals surface area contributed by atoms with Gasteiger partial charge >= 0.3 is 0 Å². The normalized spacial score (nSPS) is 10.7. The van der Waals surface area contributed by atoms with Crippen molar-refractivity contribution >= 4 is 23.2 Å². The summed E-state index contributed by atoms with van der Waals surface area (Å²) in [5.41, 5.74) is 5.95. The van der Waals surface area contributed by atoms with Gasteiger partial charge in [-0.15, -0.1) is 10.2 Å². The highest BCUT2D eigenvalue weighted by atomic mass is 35.5. The molecule has 2 aromatic rings. The number of aromatic nitrogens is 2. The van der Waals surface area contributed by atoms with Crippen LogP contribution in [-0.2, 0) is 6.42 Å². The lowest BCUT2D eigenvalue weighted by atomic mass is 10.2. The van der Waals surface area contributed by atoms with Crippen molar-refractivity contribution in [3.05, 3.63) is 34.1 Å². The molecule has 0 saturated heterocycles. The number of hydrogen-bond acceptors (Lipinski definition) is 4. The molecule has 0 unspecified atom stereocenters. The lowest BCUT2D eigenvalue weighted by Crippen LogP contribution is -2.02. The first-order chi connectivity index (χ1) is 7.72. The summed E-state index contributed by atoms with van der Waals surface area (Å²) in [5.74, 6) is 0.799. The summed E-state index contributed by atoms with van der Waals surface area (Å²) in [4.78, 5) is 0. The van der Waals surface area contributed by atoms with E-state index in [2.05, 4.69) is 10.2 Å². The minimum Gasteiger partial charge on any atom is -0.421 e. The van der Waals surface area contributed by atoms with Gasteiger partial charge in [-0.25, -0.2) is 0 Å². The van der Waals surface area contributed by atoms with Crippen molar-refractivity contribution in [2.45, 2.75) is 6.42 Å². The van der Waals surface area contributed by atoms with Crippen LogP contribution in [0.15, 0.2) is 22.6 Å². The van der Waals surface area contributed by atoms with E-state index in [1.165, 1.54) is 0 Å². The molecule has 0 saturated carbocycles.